The largest absolute Gasteiger partial charge is 0.415 e. The van der Waals surface area contributed by atoms with Crippen LogP contribution in [0.5, 0.6) is 0 Å². The van der Waals surface area contributed by atoms with Crippen molar-refractivity contribution < 1.29 is 27.2 Å². The molecule has 0 spiro atoms. The van der Waals surface area contributed by atoms with E-state index in [1.165, 1.54) is 0 Å². The fourth-order valence-corrected chi connectivity index (χ4v) is 4.83. The van der Waals surface area contributed by atoms with Crippen LogP contribution in [0.2, 0.25) is 0 Å². The van der Waals surface area contributed by atoms with Gasteiger partial charge in [0.25, 0.3) is 17.7 Å². The van der Waals surface area contributed by atoms with E-state index in [0.29, 0.717) is 30.5 Å². The highest BCUT2D eigenvalue weighted by Gasteiger charge is 2.47. The lowest BCUT2D eigenvalue weighted by Crippen LogP contribution is -2.58. The number of carbonyl (C=O) groups excluding carboxylic acids is 2. The number of fused-ring (bicyclic) bond motifs is 1. The normalized spacial score (nSPS) is 24.4. The number of carbonyl (C=O) groups is 2. The standard InChI is InChI=1S/C22H23F3N4O3/c23-17(24)19-28-27-18(32-19)12-6-7-13-11-29(20(30)14(13)10-12)16-5-2-1-4-15(16)26-21(31)22(25)8-3-9-22/h6-7,10,15-17H,1-5,8-9,11H2,(H,26,31)/t15-,16-/m1/s1. The zero-order valence-corrected chi connectivity index (χ0v) is 17.3. The van der Waals surface area contributed by atoms with Crippen LogP contribution >= 0.6 is 0 Å². The molecule has 2 amide bonds. The van der Waals surface area contributed by atoms with Crippen molar-refractivity contribution in [3.05, 3.63) is 35.2 Å². The van der Waals surface area contributed by atoms with Crippen LogP contribution in [0, 0.1) is 0 Å². The lowest BCUT2D eigenvalue weighted by atomic mass is 9.80. The Morgan fingerprint density at radius 2 is 1.97 bits per heavy atom. The molecule has 1 N–H and O–H groups in total. The molecule has 2 aromatic rings. The van der Waals surface area contributed by atoms with E-state index in [1.807, 2.05) is 0 Å². The molecular formula is C22H23F3N4O3. The van der Waals surface area contributed by atoms with Gasteiger partial charge in [-0.3, -0.25) is 9.59 Å². The van der Waals surface area contributed by atoms with Crippen LogP contribution in [-0.4, -0.2) is 44.7 Å². The fraction of sp³-hybridized carbons (Fsp3) is 0.545. The molecule has 170 valence electrons. The number of halogens is 3. The Bertz CT molecular complexity index is 1050. The molecule has 2 atom stereocenters. The second-order valence-corrected chi connectivity index (χ2v) is 8.80. The summed E-state index contributed by atoms with van der Waals surface area (Å²) in [6, 6.07) is 4.44. The van der Waals surface area contributed by atoms with Crippen molar-refractivity contribution in [1.82, 2.24) is 20.4 Å². The molecule has 0 saturated heterocycles. The first-order chi connectivity index (χ1) is 15.4. The summed E-state index contributed by atoms with van der Waals surface area (Å²) in [7, 11) is 0. The second kappa shape index (κ2) is 7.90. The van der Waals surface area contributed by atoms with Crippen LogP contribution in [-0.2, 0) is 11.3 Å². The fourth-order valence-electron chi connectivity index (χ4n) is 4.83. The van der Waals surface area contributed by atoms with Gasteiger partial charge >= 0.3 is 6.43 Å². The molecule has 2 fully saturated rings. The SMILES string of the molecule is O=C1c2cc(-c3nnc(C(F)F)o3)ccc2CN1[C@@H]1CCCC[C@H]1NC(=O)C1(F)CCC1. The van der Waals surface area contributed by atoms with E-state index in [9.17, 15) is 22.8 Å². The monoisotopic (exact) mass is 448 g/mol. The predicted octanol–water partition coefficient (Wildman–Crippen LogP) is 3.95. The topological polar surface area (TPSA) is 88.3 Å². The summed E-state index contributed by atoms with van der Waals surface area (Å²) >= 11 is 0. The van der Waals surface area contributed by atoms with Crippen LogP contribution in [0.1, 0.15) is 73.2 Å². The first kappa shape index (κ1) is 21.0. The molecule has 0 radical (unpaired) electrons. The van der Waals surface area contributed by atoms with Crippen molar-refractivity contribution in [2.75, 3.05) is 0 Å². The van der Waals surface area contributed by atoms with Gasteiger partial charge in [0, 0.05) is 23.7 Å². The molecule has 32 heavy (non-hydrogen) atoms. The van der Waals surface area contributed by atoms with Gasteiger partial charge in [-0.1, -0.05) is 18.9 Å². The van der Waals surface area contributed by atoms with Crippen LogP contribution < -0.4 is 5.32 Å². The Morgan fingerprint density at radius 3 is 2.66 bits per heavy atom. The average molecular weight is 448 g/mol. The average Bonchev–Trinajstić information content (AvgIpc) is 3.38. The van der Waals surface area contributed by atoms with Crippen molar-refractivity contribution in [3.8, 4) is 11.5 Å². The summed E-state index contributed by atoms with van der Waals surface area (Å²) in [5.41, 5.74) is -0.160. The zero-order chi connectivity index (χ0) is 22.5. The lowest BCUT2D eigenvalue weighted by Gasteiger charge is -2.40. The molecule has 5 rings (SSSR count). The Morgan fingerprint density at radius 1 is 1.19 bits per heavy atom. The summed E-state index contributed by atoms with van der Waals surface area (Å²) in [5.74, 6) is -1.63. The van der Waals surface area contributed by atoms with E-state index in [4.69, 9.17) is 4.42 Å². The Kier molecular flexibility index (Phi) is 5.17. The first-order valence-corrected chi connectivity index (χ1v) is 10.9. The van der Waals surface area contributed by atoms with E-state index in [2.05, 4.69) is 15.5 Å². The molecule has 0 unspecified atom stereocenters. The van der Waals surface area contributed by atoms with Gasteiger partial charge in [-0.15, -0.1) is 10.2 Å². The number of hydrogen-bond donors (Lipinski definition) is 1. The third kappa shape index (κ3) is 3.55. The molecular weight excluding hydrogens is 425 g/mol. The van der Waals surface area contributed by atoms with Gasteiger partial charge in [-0.2, -0.15) is 8.78 Å². The van der Waals surface area contributed by atoms with Crippen molar-refractivity contribution >= 4 is 11.8 Å². The molecule has 10 heteroatoms. The highest BCUT2D eigenvalue weighted by molar-refractivity contribution is 5.99. The minimum absolute atomic E-state index is 0.0779. The number of nitrogens with one attached hydrogen (secondary N) is 1. The van der Waals surface area contributed by atoms with Crippen molar-refractivity contribution in [3.63, 3.8) is 0 Å². The van der Waals surface area contributed by atoms with Gasteiger partial charge < -0.3 is 14.6 Å². The number of alkyl halides is 3. The molecule has 1 aliphatic heterocycles. The van der Waals surface area contributed by atoms with E-state index < -0.39 is 23.9 Å². The van der Waals surface area contributed by atoms with Crippen LogP contribution in [0.25, 0.3) is 11.5 Å². The summed E-state index contributed by atoms with van der Waals surface area (Å²) in [6.45, 7) is 0.373. The molecule has 3 aliphatic rings. The van der Waals surface area contributed by atoms with Gasteiger partial charge in [-0.05, 0) is 49.8 Å². The van der Waals surface area contributed by atoms with Gasteiger partial charge in [0.2, 0.25) is 5.89 Å². The van der Waals surface area contributed by atoms with E-state index in [-0.39, 0.29) is 36.7 Å². The summed E-state index contributed by atoms with van der Waals surface area (Å²) < 4.78 is 45.0. The number of benzene rings is 1. The predicted molar refractivity (Wildman–Crippen MR) is 106 cm³/mol. The summed E-state index contributed by atoms with van der Waals surface area (Å²) in [4.78, 5) is 27.4. The number of rotatable bonds is 5. The first-order valence-electron chi connectivity index (χ1n) is 10.9. The zero-order valence-electron chi connectivity index (χ0n) is 17.3. The Balaban J connectivity index is 1.35. The minimum Gasteiger partial charge on any atom is -0.415 e. The van der Waals surface area contributed by atoms with Gasteiger partial charge in [-0.25, -0.2) is 4.39 Å². The highest BCUT2D eigenvalue weighted by Crippen LogP contribution is 2.37. The molecule has 2 heterocycles. The summed E-state index contributed by atoms with van der Waals surface area (Å²) in [6.07, 6.45) is 1.56. The maximum absolute atomic E-state index is 14.5. The van der Waals surface area contributed by atoms with E-state index in [1.54, 1.807) is 23.1 Å². The third-order valence-electron chi connectivity index (χ3n) is 6.82. The highest BCUT2D eigenvalue weighted by atomic mass is 19.3. The maximum Gasteiger partial charge on any atom is 0.314 e. The van der Waals surface area contributed by atoms with E-state index in [0.717, 1.165) is 24.8 Å². The van der Waals surface area contributed by atoms with Gasteiger partial charge in [0.05, 0.1) is 6.04 Å². The quantitative estimate of drug-likeness (QED) is 0.748. The molecule has 1 aromatic heterocycles. The maximum atomic E-state index is 14.5. The van der Waals surface area contributed by atoms with Crippen molar-refractivity contribution in [2.45, 2.75) is 75.7 Å². The number of nitrogens with zero attached hydrogens (tertiary/aromatic N) is 3. The number of hydrogen-bond acceptors (Lipinski definition) is 5. The van der Waals surface area contributed by atoms with Gasteiger partial charge in [0.1, 0.15) is 0 Å². The molecule has 1 aromatic carbocycles. The van der Waals surface area contributed by atoms with Crippen LogP contribution in [0.15, 0.2) is 22.6 Å². The summed E-state index contributed by atoms with van der Waals surface area (Å²) in [5, 5.41) is 9.85. The minimum atomic E-state index is -2.87. The lowest BCUT2D eigenvalue weighted by molar-refractivity contribution is -0.139. The molecule has 0 bridgehead atoms. The smallest absolute Gasteiger partial charge is 0.314 e. The molecule has 7 nitrogen and oxygen atoms in total. The van der Waals surface area contributed by atoms with E-state index >= 15 is 0 Å². The second-order valence-electron chi connectivity index (χ2n) is 8.80. The Labute approximate surface area is 182 Å². The van der Waals surface area contributed by atoms with Crippen LogP contribution in [0.3, 0.4) is 0 Å². The van der Waals surface area contributed by atoms with Crippen LogP contribution in [0.4, 0.5) is 13.2 Å². The number of aromatic nitrogens is 2. The van der Waals surface area contributed by atoms with Crippen molar-refractivity contribution in [1.29, 1.82) is 0 Å². The molecule has 2 aliphatic carbocycles. The molecule has 2 saturated carbocycles. The van der Waals surface area contributed by atoms with Gasteiger partial charge in [0.15, 0.2) is 5.67 Å². The third-order valence-corrected chi connectivity index (χ3v) is 6.82. The Hall–Kier alpha value is -2.91. The number of amides is 2. The van der Waals surface area contributed by atoms with Crippen molar-refractivity contribution in [2.24, 2.45) is 0 Å².